The van der Waals surface area contributed by atoms with Crippen LogP contribution in [0.1, 0.15) is 18.1 Å². The maximum atomic E-state index is 11.8. The van der Waals surface area contributed by atoms with Gasteiger partial charge in [-0.05, 0) is 12.5 Å². The third-order valence-electron chi connectivity index (χ3n) is 4.36. The summed E-state index contributed by atoms with van der Waals surface area (Å²) in [5.41, 5.74) is 6.36. The maximum absolute atomic E-state index is 11.8. The molecule has 1 aromatic carbocycles. The summed E-state index contributed by atoms with van der Waals surface area (Å²) in [4.78, 5) is 4.33. The highest BCUT2D eigenvalue weighted by Gasteiger charge is 2.47. The largest absolute Gasteiger partial charge is 0.388 e. The Morgan fingerprint density at radius 1 is 1.33 bits per heavy atom. The van der Waals surface area contributed by atoms with Crippen LogP contribution >= 0.6 is 0 Å². The summed E-state index contributed by atoms with van der Waals surface area (Å²) in [6.45, 7) is 0.136. The average Bonchev–Trinajstić information content (AvgIpc) is 2.82. The van der Waals surface area contributed by atoms with Crippen molar-refractivity contribution in [2.24, 2.45) is 11.1 Å². The van der Waals surface area contributed by atoms with Crippen LogP contribution in [0.3, 0.4) is 0 Å². The molecule has 0 bridgehead atoms. The van der Waals surface area contributed by atoms with Crippen molar-refractivity contribution in [1.82, 2.24) is 4.98 Å². The van der Waals surface area contributed by atoms with Gasteiger partial charge < -0.3 is 10.8 Å². The second-order valence-electron chi connectivity index (χ2n) is 5.73. The first-order valence-corrected chi connectivity index (χ1v) is 8.72. The number of sulfone groups is 1. The highest BCUT2D eigenvalue weighted by atomic mass is 32.2. The zero-order valence-corrected chi connectivity index (χ0v) is 12.4. The van der Waals surface area contributed by atoms with Crippen LogP contribution in [0.2, 0.25) is 0 Å². The highest BCUT2D eigenvalue weighted by Crippen LogP contribution is 2.43. The normalized spacial score (nSPS) is 26.0. The van der Waals surface area contributed by atoms with E-state index >= 15 is 0 Å². The highest BCUT2D eigenvalue weighted by molar-refractivity contribution is 7.91. The number of pyridine rings is 1. The second-order valence-corrected chi connectivity index (χ2v) is 7.92. The quantitative estimate of drug-likeness (QED) is 0.883. The average molecular weight is 306 g/mol. The lowest BCUT2D eigenvalue weighted by Crippen LogP contribution is -2.38. The summed E-state index contributed by atoms with van der Waals surface area (Å²) in [6, 6.07) is 9.30. The molecule has 2 atom stereocenters. The number of nitrogens with two attached hydrogens (primary N) is 1. The molecule has 2 heterocycles. The number of hydrogen-bond acceptors (Lipinski definition) is 5. The molecule has 21 heavy (non-hydrogen) atoms. The number of aliphatic hydroxyl groups is 1. The molecule has 0 radical (unpaired) electrons. The molecule has 2 unspecified atom stereocenters. The zero-order chi connectivity index (χ0) is 15.1. The van der Waals surface area contributed by atoms with E-state index in [2.05, 4.69) is 4.98 Å². The van der Waals surface area contributed by atoms with Crippen LogP contribution in [-0.2, 0) is 9.84 Å². The maximum Gasteiger partial charge on any atom is 0.151 e. The van der Waals surface area contributed by atoms with Crippen LogP contribution in [0, 0.1) is 5.41 Å². The molecule has 2 aromatic rings. The fourth-order valence-electron chi connectivity index (χ4n) is 3.11. The zero-order valence-electron chi connectivity index (χ0n) is 11.6. The molecule has 1 fully saturated rings. The topological polar surface area (TPSA) is 93.3 Å². The molecule has 0 spiro atoms. The third-order valence-corrected chi connectivity index (χ3v) is 6.20. The molecule has 1 aliphatic heterocycles. The van der Waals surface area contributed by atoms with Crippen molar-refractivity contribution in [3.8, 4) is 0 Å². The molecule has 1 aromatic heterocycles. The van der Waals surface area contributed by atoms with E-state index < -0.39 is 21.4 Å². The molecule has 1 aliphatic rings. The monoisotopic (exact) mass is 306 g/mol. The number of benzene rings is 1. The van der Waals surface area contributed by atoms with E-state index in [9.17, 15) is 13.5 Å². The van der Waals surface area contributed by atoms with E-state index in [4.69, 9.17) is 5.73 Å². The Kier molecular flexibility index (Phi) is 3.47. The van der Waals surface area contributed by atoms with E-state index in [0.29, 0.717) is 17.5 Å². The fraction of sp³-hybridized carbons (Fsp3) is 0.400. The number of nitrogens with zero attached hydrogens (tertiary/aromatic N) is 1. The minimum Gasteiger partial charge on any atom is -0.388 e. The van der Waals surface area contributed by atoms with Crippen molar-refractivity contribution < 1.29 is 13.5 Å². The lowest BCUT2D eigenvalue weighted by atomic mass is 9.78. The molecule has 5 nitrogen and oxygen atoms in total. The Labute approximate surface area is 123 Å². The van der Waals surface area contributed by atoms with E-state index in [0.717, 1.165) is 5.39 Å². The van der Waals surface area contributed by atoms with Gasteiger partial charge in [-0.15, -0.1) is 0 Å². The summed E-state index contributed by atoms with van der Waals surface area (Å²) >= 11 is 0. The number of para-hydroxylation sites is 1. The Bertz CT molecular complexity index is 770. The Hall–Kier alpha value is -1.50. The number of fused-ring (bicyclic) bond motifs is 1. The SMILES string of the molecule is NCC1(C(O)c2cccc3cccnc23)CCS(=O)(=O)C1. The number of hydrogen-bond donors (Lipinski definition) is 2. The molecule has 6 heteroatoms. The van der Waals surface area contributed by atoms with Gasteiger partial charge in [-0.1, -0.05) is 24.3 Å². The van der Waals surface area contributed by atoms with Gasteiger partial charge in [0.2, 0.25) is 0 Å². The Morgan fingerprint density at radius 2 is 2.10 bits per heavy atom. The molecule has 0 amide bonds. The molecule has 3 rings (SSSR count). The fourth-order valence-corrected chi connectivity index (χ4v) is 5.27. The van der Waals surface area contributed by atoms with Crippen molar-refractivity contribution in [1.29, 1.82) is 0 Å². The first-order valence-electron chi connectivity index (χ1n) is 6.90. The van der Waals surface area contributed by atoms with Gasteiger partial charge in [-0.3, -0.25) is 4.98 Å². The number of aromatic nitrogens is 1. The van der Waals surface area contributed by atoms with Gasteiger partial charge in [0.15, 0.2) is 9.84 Å². The second kappa shape index (κ2) is 5.05. The van der Waals surface area contributed by atoms with Gasteiger partial charge in [0.25, 0.3) is 0 Å². The van der Waals surface area contributed by atoms with Crippen LogP contribution in [0.4, 0.5) is 0 Å². The molecule has 1 saturated heterocycles. The summed E-state index contributed by atoms with van der Waals surface area (Å²) in [5.74, 6) is 0.0142. The van der Waals surface area contributed by atoms with E-state index in [1.54, 1.807) is 12.3 Å². The van der Waals surface area contributed by atoms with E-state index in [1.165, 1.54) is 0 Å². The van der Waals surface area contributed by atoms with Crippen LogP contribution in [-0.4, -0.2) is 36.6 Å². The van der Waals surface area contributed by atoms with Crippen molar-refractivity contribution in [2.75, 3.05) is 18.1 Å². The lowest BCUT2D eigenvalue weighted by Gasteiger charge is -2.32. The molecule has 112 valence electrons. The minimum absolute atomic E-state index is 0.0686. The summed E-state index contributed by atoms with van der Waals surface area (Å²) < 4.78 is 23.6. The van der Waals surface area contributed by atoms with Crippen LogP contribution in [0.15, 0.2) is 36.5 Å². The predicted octanol–water partition coefficient (Wildman–Crippen LogP) is 1.03. The van der Waals surface area contributed by atoms with Crippen molar-refractivity contribution in [3.63, 3.8) is 0 Å². The van der Waals surface area contributed by atoms with Gasteiger partial charge in [0.05, 0.1) is 23.1 Å². The van der Waals surface area contributed by atoms with Crippen LogP contribution in [0.5, 0.6) is 0 Å². The molecule has 3 N–H and O–H groups in total. The van der Waals surface area contributed by atoms with Crippen LogP contribution < -0.4 is 5.73 Å². The van der Waals surface area contributed by atoms with Gasteiger partial charge in [-0.2, -0.15) is 0 Å². The first-order chi connectivity index (χ1) is 9.97. The van der Waals surface area contributed by atoms with E-state index in [-0.39, 0.29) is 18.1 Å². The van der Waals surface area contributed by atoms with E-state index in [1.807, 2.05) is 24.3 Å². The molecule has 0 aliphatic carbocycles. The Morgan fingerprint density at radius 3 is 2.76 bits per heavy atom. The number of aliphatic hydroxyl groups excluding tert-OH is 1. The standard InChI is InChI=1S/C15H18N2O3S/c16-9-15(6-8-21(19,20)10-15)14(18)12-5-1-3-11-4-2-7-17-13(11)12/h1-5,7,14,18H,6,8-10,16H2. The van der Waals surface area contributed by atoms with Crippen molar-refractivity contribution in [2.45, 2.75) is 12.5 Å². The van der Waals surface area contributed by atoms with Crippen molar-refractivity contribution >= 4 is 20.7 Å². The summed E-state index contributed by atoms with van der Waals surface area (Å²) in [7, 11) is -3.13. The lowest BCUT2D eigenvalue weighted by molar-refractivity contribution is 0.0482. The smallest absolute Gasteiger partial charge is 0.151 e. The molecular weight excluding hydrogens is 288 g/mol. The minimum atomic E-state index is -3.13. The van der Waals surface area contributed by atoms with Crippen LogP contribution in [0.25, 0.3) is 10.9 Å². The van der Waals surface area contributed by atoms with Gasteiger partial charge in [0.1, 0.15) is 0 Å². The summed E-state index contributed by atoms with van der Waals surface area (Å²) in [6.07, 6.45) is 1.12. The van der Waals surface area contributed by atoms with Gasteiger partial charge in [0, 0.05) is 29.1 Å². The first kappa shape index (κ1) is 14.4. The van der Waals surface area contributed by atoms with Gasteiger partial charge >= 0.3 is 0 Å². The summed E-state index contributed by atoms with van der Waals surface area (Å²) in [5, 5.41) is 11.7. The molecule has 0 saturated carbocycles. The predicted molar refractivity (Wildman–Crippen MR) is 81.5 cm³/mol. The Balaban J connectivity index is 2.10. The van der Waals surface area contributed by atoms with Gasteiger partial charge in [-0.25, -0.2) is 8.42 Å². The van der Waals surface area contributed by atoms with Crippen molar-refractivity contribution in [3.05, 3.63) is 42.1 Å². The number of rotatable bonds is 3. The molecular formula is C15H18N2O3S. The third kappa shape index (κ3) is 2.43.